The zero-order chi connectivity index (χ0) is 24.1. The van der Waals surface area contributed by atoms with E-state index >= 15 is 0 Å². The molecule has 4 rings (SSSR count). The maximum Gasteiger partial charge on any atom is 0.335 e. The molecule has 1 aromatic carbocycles. The Hall–Kier alpha value is -5.03. The summed E-state index contributed by atoms with van der Waals surface area (Å²) in [5.74, 6) is 4.58. The monoisotopic (exact) mass is 451 g/mol. The predicted molar refractivity (Wildman–Crippen MR) is 124 cm³/mol. The third-order valence-electron chi connectivity index (χ3n) is 4.81. The van der Waals surface area contributed by atoms with Crippen molar-refractivity contribution < 1.29 is 24.5 Å². The molecule has 2 N–H and O–H groups in total. The highest BCUT2D eigenvalue weighted by Gasteiger charge is 2.14. The molecule has 0 saturated heterocycles. The minimum atomic E-state index is -1.16. The van der Waals surface area contributed by atoms with Crippen molar-refractivity contribution in [2.24, 2.45) is 0 Å². The highest BCUT2D eigenvalue weighted by molar-refractivity contribution is 5.91. The zero-order valence-corrected chi connectivity index (χ0v) is 17.9. The zero-order valence-electron chi connectivity index (χ0n) is 17.9. The van der Waals surface area contributed by atoms with Crippen molar-refractivity contribution in [3.05, 3.63) is 95.3 Å². The van der Waals surface area contributed by atoms with Crippen LogP contribution in [0.3, 0.4) is 0 Å². The summed E-state index contributed by atoms with van der Waals surface area (Å²) >= 11 is 0. The first-order valence-electron chi connectivity index (χ1n) is 10.0. The second-order valence-corrected chi connectivity index (χ2v) is 7.07. The topological polar surface area (TPSA) is 123 Å². The number of ether oxygens (including phenoxy) is 1. The van der Waals surface area contributed by atoms with Crippen LogP contribution in [0.2, 0.25) is 0 Å². The van der Waals surface area contributed by atoms with Gasteiger partial charge in [-0.1, -0.05) is 11.8 Å². The number of carboxylic acids is 2. The van der Waals surface area contributed by atoms with Crippen molar-refractivity contribution in [2.45, 2.75) is 0 Å². The van der Waals surface area contributed by atoms with Gasteiger partial charge >= 0.3 is 11.9 Å². The Bertz CT molecular complexity index is 1450. The molecule has 0 bridgehead atoms. The number of pyridine rings is 3. The molecule has 0 radical (unpaired) electrons. The largest absolute Gasteiger partial charge is 0.497 e. The van der Waals surface area contributed by atoms with Gasteiger partial charge in [0, 0.05) is 23.5 Å². The number of nitrogens with zero attached hydrogens (tertiary/aromatic N) is 3. The Labute approximate surface area is 194 Å². The van der Waals surface area contributed by atoms with E-state index in [0.29, 0.717) is 17.0 Å². The molecule has 0 atom stereocenters. The number of benzene rings is 1. The van der Waals surface area contributed by atoms with Gasteiger partial charge in [-0.05, 0) is 60.7 Å². The number of hydrogen-bond acceptors (Lipinski definition) is 6. The van der Waals surface area contributed by atoms with E-state index in [4.69, 9.17) is 4.74 Å². The average Bonchev–Trinajstić information content (AvgIpc) is 2.87. The predicted octanol–water partition coefficient (Wildman–Crippen LogP) is 4.01. The summed E-state index contributed by atoms with van der Waals surface area (Å²) in [4.78, 5) is 36.0. The van der Waals surface area contributed by atoms with Gasteiger partial charge in [-0.2, -0.15) is 0 Å². The fourth-order valence-electron chi connectivity index (χ4n) is 3.09. The van der Waals surface area contributed by atoms with Gasteiger partial charge in [0.2, 0.25) is 0 Å². The average molecular weight is 451 g/mol. The van der Waals surface area contributed by atoms with Crippen LogP contribution in [0.4, 0.5) is 0 Å². The fourth-order valence-corrected chi connectivity index (χ4v) is 3.09. The maximum absolute atomic E-state index is 11.7. The van der Waals surface area contributed by atoms with Gasteiger partial charge < -0.3 is 14.9 Å². The van der Waals surface area contributed by atoms with E-state index in [-0.39, 0.29) is 22.5 Å². The molecule has 0 aliphatic rings. The van der Waals surface area contributed by atoms with Crippen LogP contribution in [-0.4, -0.2) is 44.2 Å². The highest BCUT2D eigenvalue weighted by atomic mass is 16.5. The van der Waals surface area contributed by atoms with E-state index < -0.39 is 11.9 Å². The SMILES string of the molecule is COc1ccc(C#Cc2ccnc(-c3cc(C(=O)O)cc(-c4cc(C(=O)O)ccn4)n3)c2)cc1. The second kappa shape index (κ2) is 9.63. The molecule has 0 aliphatic heterocycles. The summed E-state index contributed by atoms with van der Waals surface area (Å²) in [5.41, 5.74) is 2.62. The summed E-state index contributed by atoms with van der Waals surface area (Å²) < 4.78 is 5.14. The van der Waals surface area contributed by atoms with E-state index in [1.54, 1.807) is 25.4 Å². The van der Waals surface area contributed by atoms with Gasteiger partial charge in [0.1, 0.15) is 5.75 Å². The van der Waals surface area contributed by atoms with E-state index in [0.717, 1.165) is 11.3 Å². The number of carbonyl (C=O) groups is 2. The first-order valence-corrected chi connectivity index (χ1v) is 10.0. The smallest absolute Gasteiger partial charge is 0.335 e. The molecule has 3 aromatic heterocycles. The molecule has 0 aliphatic carbocycles. The fraction of sp³-hybridized carbons (Fsp3) is 0.0385. The van der Waals surface area contributed by atoms with Gasteiger partial charge in [-0.3, -0.25) is 9.97 Å². The summed E-state index contributed by atoms with van der Waals surface area (Å²) in [6, 6.07) is 16.2. The van der Waals surface area contributed by atoms with Crippen LogP contribution in [0.25, 0.3) is 22.8 Å². The van der Waals surface area contributed by atoms with Crippen LogP contribution in [0.5, 0.6) is 5.75 Å². The molecule has 3 heterocycles. The Balaban J connectivity index is 1.73. The Morgan fingerprint density at radius 2 is 1.26 bits per heavy atom. The highest BCUT2D eigenvalue weighted by Crippen LogP contribution is 2.24. The van der Waals surface area contributed by atoms with Crippen molar-refractivity contribution in [3.63, 3.8) is 0 Å². The Morgan fingerprint density at radius 1 is 0.706 bits per heavy atom. The number of carboxylic acid groups (broad SMARTS) is 2. The summed E-state index contributed by atoms with van der Waals surface area (Å²) in [6.07, 6.45) is 2.90. The molecule has 0 amide bonds. The number of aromatic carboxylic acids is 2. The van der Waals surface area contributed by atoms with Gasteiger partial charge in [0.05, 0.1) is 41.0 Å². The standard InChI is InChI=1S/C26H17N3O5/c1-34-20-6-4-16(5-7-20)2-3-17-8-10-27-21(12-17)23-14-19(26(32)33)15-24(29-23)22-13-18(25(30)31)9-11-28-22/h4-15H,1H3,(H,30,31)(H,32,33). The molecule has 8 nitrogen and oxygen atoms in total. The number of hydrogen-bond donors (Lipinski definition) is 2. The molecular formula is C26H17N3O5. The first-order chi connectivity index (χ1) is 16.4. The molecule has 8 heteroatoms. The van der Waals surface area contributed by atoms with Crippen LogP contribution in [-0.2, 0) is 0 Å². The van der Waals surface area contributed by atoms with Crippen LogP contribution >= 0.6 is 0 Å². The summed E-state index contributed by atoms with van der Waals surface area (Å²) in [5, 5.41) is 18.8. The van der Waals surface area contributed by atoms with Crippen molar-refractivity contribution in [2.75, 3.05) is 7.11 Å². The molecule has 4 aromatic rings. The lowest BCUT2D eigenvalue weighted by atomic mass is 10.1. The minimum absolute atomic E-state index is 0.0167. The molecule has 0 fully saturated rings. The van der Waals surface area contributed by atoms with Crippen molar-refractivity contribution in [3.8, 4) is 40.4 Å². The number of methoxy groups -OCH3 is 1. The summed E-state index contributed by atoms with van der Waals surface area (Å²) in [6.45, 7) is 0. The molecule has 34 heavy (non-hydrogen) atoms. The molecular weight excluding hydrogens is 434 g/mol. The van der Waals surface area contributed by atoms with Crippen LogP contribution in [0.15, 0.2) is 73.1 Å². The lowest BCUT2D eigenvalue weighted by Gasteiger charge is -2.07. The van der Waals surface area contributed by atoms with Gasteiger partial charge in [0.15, 0.2) is 0 Å². The number of rotatable bonds is 5. The van der Waals surface area contributed by atoms with E-state index in [1.807, 2.05) is 24.3 Å². The Morgan fingerprint density at radius 3 is 1.88 bits per heavy atom. The molecule has 166 valence electrons. The quantitative estimate of drug-likeness (QED) is 0.437. The van der Waals surface area contributed by atoms with Gasteiger partial charge in [-0.15, -0.1) is 0 Å². The van der Waals surface area contributed by atoms with Gasteiger partial charge in [0.25, 0.3) is 0 Å². The Kier molecular flexibility index (Phi) is 6.28. The van der Waals surface area contributed by atoms with E-state index in [1.165, 1.54) is 30.5 Å². The molecule has 0 saturated carbocycles. The molecule has 0 unspecified atom stereocenters. The van der Waals surface area contributed by atoms with E-state index in [9.17, 15) is 19.8 Å². The van der Waals surface area contributed by atoms with Gasteiger partial charge in [-0.25, -0.2) is 14.6 Å². The van der Waals surface area contributed by atoms with Crippen molar-refractivity contribution in [1.82, 2.24) is 15.0 Å². The van der Waals surface area contributed by atoms with E-state index in [2.05, 4.69) is 26.8 Å². The van der Waals surface area contributed by atoms with Crippen molar-refractivity contribution >= 4 is 11.9 Å². The van der Waals surface area contributed by atoms with Crippen molar-refractivity contribution in [1.29, 1.82) is 0 Å². The van der Waals surface area contributed by atoms with Crippen LogP contribution in [0.1, 0.15) is 31.8 Å². The maximum atomic E-state index is 11.7. The first kappa shape index (κ1) is 22.2. The lowest BCUT2D eigenvalue weighted by Crippen LogP contribution is -2.02. The number of aromatic nitrogens is 3. The third kappa shape index (κ3) is 5.06. The van der Waals surface area contributed by atoms with Crippen LogP contribution < -0.4 is 4.74 Å². The lowest BCUT2D eigenvalue weighted by molar-refractivity contribution is 0.0686. The third-order valence-corrected chi connectivity index (χ3v) is 4.81. The van der Waals surface area contributed by atoms with Crippen LogP contribution in [0, 0.1) is 11.8 Å². The normalized spacial score (nSPS) is 10.1. The minimum Gasteiger partial charge on any atom is -0.497 e. The summed E-state index contributed by atoms with van der Waals surface area (Å²) in [7, 11) is 1.59. The second-order valence-electron chi connectivity index (χ2n) is 7.07. The molecule has 0 spiro atoms.